The van der Waals surface area contributed by atoms with E-state index in [1.807, 2.05) is 0 Å². The van der Waals surface area contributed by atoms with Crippen LogP contribution in [0.2, 0.25) is 0 Å². The van der Waals surface area contributed by atoms with Gasteiger partial charge in [-0.25, -0.2) is 0 Å². The summed E-state index contributed by atoms with van der Waals surface area (Å²) in [5, 5.41) is 16.3. The van der Waals surface area contributed by atoms with Gasteiger partial charge in [0.1, 0.15) is 0 Å². The lowest BCUT2D eigenvalue weighted by Gasteiger charge is -2.31. The third kappa shape index (κ3) is 5.92. The normalized spacial score (nSPS) is 17.9. The highest BCUT2D eigenvalue weighted by Crippen LogP contribution is 2.21. The lowest BCUT2D eigenvalue weighted by atomic mass is 10.1. The maximum absolute atomic E-state index is 12.3. The molecule has 1 atom stereocenters. The molecule has 0 aromatic carbocycles. The van der Waals surface area contributed by atoms with Crippen LogP contribution in [0.15, 0.2) is 4.42 Å². The van der Waals surface area contributed by atoms with Crippen molar-refractivity contribution in [3.63, 3.8) is 0 Å². The number of morpholine rings is 1. The highest BCUT2D eigenvalue weighted by atomic mass is 16.5. The van der Waals surface area contributed by atoms with Crippen LogP contribution >= 0.6 is 0 Å². The summed E-state index contributed by atoms with van der Waals surface area (Å²) in [6.45, 7) is 3.21. The first-order valence-electron chi connectivity index (χ1n) is 8.47. The zero-order valence-corrected chi connectivity index (χ0v) is 14.1. The number of aryl methyl sites for hydroxylation is 1. The first-order valence-corrected chi connectivity index (χ1v) is 8.47. The van der Waals surface area contributed by atoms with Gasteiger partial charge in [0.15, 0.2) is 6.10 Å². The summed E-state index contributed by atoms with van der Waals surface area (Å²) >= 11 is 0. The molecule has 8 heteroatoms. The second-order valence-electron chi connectivity index (χ2n) is 6.02. The van der Waals surface area contributed by atoms with E-state index in [1.165, 1.54) is 0 Å². The Hall–Kier alpha value is -1.96. The van der Waals surface area contributed by atoms with Gasteiger partial charge in [0, 0.05) is 26.3 Å². The van der Waals surface area contributed by atoms with Crippen LogP contribution in [0.1, 0.15) is 62.8 Å². The largest absolute Gasteiger partial charge is 0.481 e. The van der Waals surface area contributed by atoms with Gasteiger partial charge in [-0.05, 0) is 12.8 Å². The zero-order chi connectivity index (χ0) is 17.4. The summed E-state index contributed by atoms with van der Waals surface area (Å²) in [5.41, 5.74) is 0. The smallest absolute Gasteiger partial charge is 0.303 e. The predicted octanol–water partition coefficient (Wildman–Crippen LogP) is 2.09. The maximum atomic E-state index is 12.3. The van der Waals surface area contributed by atoms with Gasteiger partial charge in [0.2, 0.25) is 17.7 Å². The number of aromatic nitrogens is 2. The van der Waals surface area contributed by atoms with Crippen LogP contribution in [-0.2, 0) is 14.3 Å². The zero-order valence-electron chi connectivity index (χ0n) is 14.1. The lowest BCUT2D eigenvalue weighted by molar-refractivity contribution is -0.140. The number of nitrogens with zero attached hydrogens (tertiary/aromatic N) is 3. The van der Waals surface area contributed by atoms with Crippen molar-refractivity contribution < 1.29 is 23.8 Å². The first-order chi connectivity index (χ1) is 11.6. The molecule has 2 heterocycles. The Balaban J connectivity index is 1.64. The van der Waals surface area contributed by atoms with Crippen LogP contribution in [0.3, 0.4) is 0 Å². The Morgan fingerprint density at radius 3 is 2.54 bits per heavy atom. The highest BCUT2D eigenvalue weighted by Gasteiger charge is 2.28. The fraction of sp³-hybridized carbons (Fsp3) is 0.750. The van der Waals surface area contributed by atoms with Crippen molar-refractivity contribution >= 4 is 11.9 Å². The van der Waals surface area contributed by atoms with E-state index < -0.39 is 5.97 Å². The van der Waals surface area contributed by atoms with E-state index in [4.69, 9.17) is 14.3 Å². The van der Waals surface area contributed by atoms with Gasteiger partial charge in [-0.3, -0.25) is 9.59 Å². The number of hydrogen-bond acceptors (Lipinski definition) is 6. The quantitative estimate of drug-likeness (QED) is 0.687. The second-order valence-corrected chi connectivity index (χ2v) is 6.02. The number of amides is 1. The summed E-state index contributed by atoms with van der Waals surface area (Å²) in [5.74, 6) is 0.275. The Kier molecular flexibility index (Phi) is 7.17. The number of unbranched alkanes of at least 4 members (excludes halogenated alkanes) is 4. The van der Waals surface area contributed by atoms with Crippen LogP contribution in [0.4, 0.5) is 0 Å². The van der Waals surface area contributed by atoms with Crippen molar-refractivity contribution in [2.75, 3.05) is 19.7 Å². The number of rotatable bonds is 9. The molecular weight excluding hydrogens is 314 g/mol. The molecule has 134 valence electrons. The molecule has 8 nitrogen and oxygen atoms in total. The summed E-state index contributed by atoms with van der Waals surface area (Å²) in [6, 6.07) is 0. The highest BCUT2D eigenvalue weighted by molar-refractivity contribution is 5.76. The molecule has 2 rings (SSSR count). The first kappa shape index (κ1) is 18.4. The number of ether oxygens (including phenoxy) is 1. The third-order valence-corrected chi connectivity index (χ3v) is 4.02. The topological polar surface area (TPSA) is 106 Å². The molecule has 1 aromatic rings. The van der Waals surface area contributed by atoms with Crippen LogP contribution < -0.4 is 0 Å². The van der Waals surface area contributed by atoms with Crippen LogP contribution in [-0.4, -0.2) is 51.8 Å². The molecule has 1 N–H and O–H groups in total. The molecule has 0 aliphatic carbocycles. The van der Waals surface area contributed by atoms with Crippen molar-refractivity contribution in [1.29, 1.82) is 0 Å². The van der Waals surface area contributed by atoms with Gasteiger partial charge in [-0.1, -0.05) is 19.3 Å². The lowest BCUT2D eigenvalue weighted by Crippen LogP contribution is -2.42. The van der Waals surface area contributed by atoms with Gasteiger partial charge in [0.05, 0.1) is 13.2 Å². The number of aliphatic carboxylic acids is 1. The Morgan fingerprint density at radius 1 is 1.17 bits per heavy atom. The number of hydrogen-bond donors (Lipinski definition) is 1. The van der Waals surface area contributed by atoms with Crippen LogP contribution in [0.5, 0.6) is 0 Å². The predicted molar refractivity (Wildman–Crippen MR) is 84.3 cm³/mol. The average Bonchev–Trinajstić information content (AvgIpc) is 3.00. The van der Waals surface area contributed by atoms with Gasteiger partial charge >= 0.3 is 5.97 Å². The van der Waals surface area contributed by atoms with Crippen LogP contribution in [0, 0.1) is 6.92 Å². The Bertz CT molecular complexity index is 546. The monoisotopic (exact) mass is 339 g/mol. The number of carboxylic acids is 1. The second kappa shape index (κ2) is 9.36. The molecule has 24 heavy (non-hydrogen) atoms. The Labute approximate surface area is 141 Å². The van der Waals surface area contributed by atoms with Crippen molar-refractivity contribution in [1.82, 2.24) is 15.1 Å². The fourth-order valence-corrected chi connectivity index (χ4v) is 2.71. The average molecular weight is 339 g/mol. The Morgan fingerprint density at radius 2 is 1.88 bits per heavy atom. The minimum absolute atomic E-state index is 0.116. The SMILES string of the molecule is Cc1nnc(C2CN(C(=O)CCCCCCCC(=O)O)CCO2)o1. The number of carbonyl (C=O) groups excluding carboxylic acids is 1. The molecule has 1 amide bonds. The summed E-state index contributed by atoms with van der Waals surface area (Å²) < 4.78 is 11.0. The van der Waals surface area contributed by atoms with Gasteiger partial charge < -0.3 is 19.2 Å². The molecule has 1 unspecified atom stereocenters. The minimum atomic E-state index is -0.747. The van der Waals surface area contributed by atoms with Crippen molar-refractivity contribution in [2.24, 2.45) is 0 Å². The summed E-state index contributed by atoms with van der Waals surface area (Å²) in [4.78, 5) is 24.5. The van der Waals surface area contributed by atoms with E-state index >= 15 is 0 Å². The molecule has 1 aliphatic heterocycles. The molecule has 1 aromatic heterocycles. The third-order valence-electron chi connectivity index (χ3n) is 4.02. The molecule has 0 bridgehead atoms. The van der Waals surface area contributed by atoms with Crippen LogP contribution in [0.25, 0.3) is 0 Å². The molecule has 0 radical (unpaired) electrons. The van der Waals surface area contributed by atoms with E-state index in [0.29, 0.717) is 44.3 Å². The van der Waals surface area contributed by atoms with E-state index in [1.54, 1.807) is 11.8 Å². The molecule has 0 spiro atoms. The molecule has 1 aliphatic rings. The van der Waals surface area contributed by atoms with E-state index in [0.717, 1.165) is 25.7 Å². The van der Waals surface area contributed by atoms with Gasteiger partial charge in [-0.15, -0.1) is 10.2 Å². The number of carbonyl (C=O) groups is 2. The van der Waals surface area contributed by atoms with Crippen molar-refractivity contribution in [2.45, 2.75) is 58.0 Å². The number of carboxylic acid groups (broad SMARTS) is 1. The van der Waals surface area contributed by atoms with E-state index in [2.05, 4.69) is 10.2 Å². The van der Waals surface area contributed by atoms with E-state index in [-0.39, 0.29) is 18.4 Å². The minimum Gasteiger partial charge on any atom is -0.481 e. The summed E-state index contributed by atoms with van der Waals surface area (Å²) in [7, 11) is 0. The maximum Gasteiger partial charge on any atom is 0.303 e. The molecule has 1 fully saturated rings. The molecule has 1 saturated heterocycles. The van der Waals surface area contributed by atoms with Crippen molar-refractivity contribution in [3.8, 4) is 0 Å². The van der Waals surface area contributed by atoms with E-state index in [9.17, 15) is 9.59 Å². The van der Waals surface area contributed by atoms with Crippen molar-refractivity contribution in [3.05, 3.63) is 11.8 Å². The van der Waals surface area contributed by atoms with Gasteiger partial charge in [-0.2, -0.15) is 0 Å². The fourth-order valence-electron chi connectivity index (χ4n) is 2.71. The van der Waals surface area contributed by atoms with Gasteiger partial charge in [0.25, 0.3) is 0 Å². The summed E-state index contributed by atoms with van der Waals surface area (Å²) in [6.07, 6.45) is 4.73. The molecule has 0 saturated carbocycles. The molecular formula is C16H25N3O5. The standard InChI is InChI=1S/C16H25N3O5/c1-12-17-18-16(24-12)13-11-19(9-10-23-13)14(20)7-5-3-2-4-6-8-15(21)22/h13H,2-11H2,1H3,(H,21,22).